The van der Waals surface area contributed by atoms with Gasteiger partial charge >= 0.3 is 0 Å². The normalized spacial score (nSPS) is 10.1. The van der Waals surface area contributed by atoms with E-state index in [1.807, 2.05) is 31.2 Å². The summed E-state index contributed by atoms with van der Waals surface area (Å²) in [5, 5.41) is 0. The van der Waals surface area contributed by atoms with Crippen molar-refractivity contribution in [3.63, 3.8) is 0 Å². The molecule has 16 heavy (non-hydrogen) atoms. The van der Waals surface area contributed by atoms with Crippen molar-refractivity contribution in [3.8, 4) is 16.9 Å². The summed E-state index contributed by atoms with van der Waals surface area (Å²) in [6.45, 7) is 2.62. The fourth-order valence-electron chi connectivity index (χ4n) is 1.50. The van der Waals surface area contributed by atoms with Gasteiger partial charge in [0.15, 0.2) is 0 Å². The fraction of sp³-hybridized carbons (Fsp3) is 0.154. The minimum Gasteiger partial charge on any atom is -0.494 e. The Bertz CT molecular complexity index is 494. The predicted octanol–water partition coefficient (Wildman–Crippen LogP) is 2.44. The molecular weight excluding hydrogens is 202 g/mol. The van der Waals surface area contributed by atoms with Crippen LogP contribution in [0.3, 0.4) is 0 Å². The average molecular weight is 215 g/mol. The minimum atomic E-state index is -0.0883. The largest absolute Gasteiger partial charge is 0.494 e. The fourth-order valence-corrected chi connectivity index (χ4v) is 1.50. The van der Waals surface area contributed by atoms with E-state index < -0.39 is 0 Å². The van der Waals surface area contributed by atoms with Crippen LogP contribution in [-0.4, -0.2) is 11.6 Å². The number of aromatic nitrogens is 1. The van der Waals surface area contributed by atoms with Crippen LogP contribution in [-0.2, 0) is 0 Å². The van der Waals surface area contributed by atoms with Gasteiger partial charge in [0, 0.05) is 12.3 Å². The van der Waals surface area contributed by atoms with Crippen LogP contribution in [0.15, 0.2) is 47.4 Å². The smallest absolute Gasteiger partial charge is 0.247 e. The second-order valence-corrected chi connectivity index (χ2v) is 3.40. The average Bonchev–Trinajstić information content (AvgIpc) is 2.32. The van der Waals surface area contributed by atoms with Crippen molar-refractivity contribution < 1.29 is 4.74 Å². The summed E-state index contributed by atoms with van der Waals surface area (Å²) in [6, 6.07) is 11.1. The van der Waals surface area contributed by atoms with E-state index in [4.69, 9.17) is 4.74 Å². The number of rotatable bonds is 3. The molecule has 0 unspecified atom stereocenters. The summed E-state index contributed by atoms with van der Waals surface area (Å²) in [5.41, 5.74) is 1.96. The first kappa shape index (κ1) is 10.5. The predicted molar refractivity (Wildman–Crippen MR) is 63.7 cm³/mol. The van der Waals surface area contributed by atoms with E-state index >= 15 is 0 Å². The monoisotopic (exact) mass is 215 g/mol. The van der Waals surface area contributed by atoms with Gasteiger partial charge in [-0.15, -0.1) is 0 Å². The van der Waals surface area contributed by atoms with Crippen molar-refractivity contribution in [2.24, 2.45) is 0 Å². The van der Waals surface area contributed by atoms with E-state index in [0.717, 1.165) is 16.9 Å². The first-order chi connectivity index (χ1) is 7.79. The van der Waals surface area contributed by atoms with Crippen molar-refractivity contribution in [1.82, 2.24) is 4.98 Å². The lowest BCUT2D eigenvalue weighted by Crippen LogP contribution is -2.01. The number of aromatic amines is 1. The van der Waals surface area contributed by atoms with Crippen molar-refractivity contribution in [3.05, 3.63) is 52.9 Å². The Morgan fingerprint density at radius 3 is 2.31 bits per heavy atom. The minimum absolute atomic E-state index is 0.0883. The molecule has 0 radical (unpaired) electrons. The zero-order valence-electron chi connectivity index (χ0n) is 9.07. The molecule has 82 valence electrons. The van der Waals surface area contributed by atoms with Crippen LogP contribution < -0.4 is 10.3 Å². The van der Waals surface area contributed by atoms with Gasteiger partial charge in [0.05, 0.1) is 6.61 Å². The first-order valence-corrected chi connectivity index (χ1v) is 5.21. The summed E-state index contributed by atoms with van der Waals surface area (Å²) in [5.74, 6) is 0.857. The van der Waals surface area contributed by atoms with Gasteiger partial charge in [-0.25, -0.2) is 0 Å². The highest BCUT2D eigenvalue weighted by molar-refractivity contribution is 5.62. The quantitative estimate of drug-likeness (QED) is 0.854. The topological polar surface area (TPSA) is 42.1 Å². The Morgan fingerprint density at radius 2 is 1.75 bits per heavy atom. The molecule has 1 aromatic heterocycles. The van der Waals surface area contributed by atoms with Crippen molar-refractivity contribution in [1.29, 1.82) is 0 Å². The molecule has 3 heteroatoms. The SMILES string of the molecule is CCOc1ccc(-c2ccc(=O)[nH]c2)cc1. The summed E-state index contributed by atoms with van der Waals surface area (Å²) >= 11 is 0. The molecule has 0 aliphatic rings. The molecule has 0 atom stereocenters. The van der Waals surface area contributed by atoms with Gasteiger partial charge in [-0.3, -0.25) is 4.79 Å². The Labute approximate surface area is 93.7 Å². The maximum atomic E-state index is 10.9. The van der Waals surface area contributed by atoms with Crippen LogP contribution in [0.5, 0.6) is 5.75 Å². The molecule has 0 aliphatic carbocycles. The molecule has 0 aliphatic heterocycles. The number of benzene rings is 1. The lowest BCUT2D eigenvalue weighted by atomic mass is 10.1. The summed E-state index contributed by atoms with van der Waals surface area (Å²) in [6.07, 6.45) is 1.71. The molecule has 0 fully saturated rings. The molecule has 3 nitrogen and oxygen atoms in total. The number of hydrogen-bond donors (Lipinski definition) is 1. The van der Waals surface area contributed by atoms with Gasteiger partial charge in [0.1, 0.15) is 5.75 Å². The number of nitrogens with one attached hydrogen (secondary N) is 1. The van der Waals surface area contributed by atoms with Gasteiger partial charge < -0.3 is 9.72 Å². The highest BCUT2D eigenvalue weighted by atomic mass is 16.5. The Morgan fingerprint density at radius 1 is 1.06 bits per heavy atom. The third-order valence-electron chi connectivity index (χ3n) is 2.28. The van der Waals surface area contributed by atoms with Crippen LogP contribution in [0.1, 0.15) is 6.92 Å². The van der Waals surface area contributed by atoms with Crippen LogP contribution in [0.25, 0.3) is 11.1 Å². The zero-order chi connectivity index (χ0) is 11.4. The second kappa shape index (κ2) is 4.66. The molecule has 2 aromatic rings. The summed E-state index contributed by atoms with van der Waals surface area (Å²) < 4.78 is 5.36. The third-order valence-corrected chi connectivity index (χ3v) is 2.28. The van der Waals surface area contributed by atoms with Gasteiger partial charge in [0.25, 0.3) is 0 Å². The van der Waals surface area contributed by atoms with Crippen LogP contribution in [0.2, 0.25) is 0 Å². The standard InChI is InChI=1S/C13H13NO2/c1-2-16-12-6-3-10(4-7-12)11-5-8-13(15)14-9-11/h3-9H,2H2,1H3,(H,14,15). The first-order valence-electron chi connectivity index (χ1n) is 5.21. The van der Waals surface area contributed by atoms with Crippen LogP contribution in [0, 0.1) is 0 Å². The Kier molecular flexibility index (Phi) is 3.05. The molecular formula is C13H13NO2. The highest BCUT2D eigenvalue weighted by Crippen LogP contribution is 2.20. The van der Waals surface area contributed by atoms with E-state index in [2.05, 4.69) is 4.98 Å². The van der Waals surface area contributed by atoms with E-state index in [1.54, 1.807) is 12.3 Å². The molecule has 1 aromatic carbocycles. The number of pyridine rings is 1. The second-order valence-electron chi connectivity index (χ2n) is 3.40. The molecule has 0 spiro atoms. The molecule has 0 saturated carbocycles. The Balaban J connectivity index is 2.27. The van der Waals surface area contributed by atoms with Gasteiger partial charge in [-0.05, 0) is 36.2 Å². The molecule has 2 rings (SSSR count). The zero-order valence-corrected chi connectivity index (χ0v) is 9.07. The van der Waals surface area contributed by atoms with Gasteiger partial charge in [0.2, 0.25) is 5.56 Å². The molecule has 0 bridgehead atoms. The summed E-state index contributed by atoms with van der Waals surface area (Å²) in [7, 11) is 0. The highest BCUT2D eigenvalue weighted by Gasteiger charge is 1.98. The van der Waals surface area contributed by atoms with Crippen molar-refractivity contribution in [2.45, 2.75) is 6.92 Å². The number of H-pyrrole nitrogens is 1. The van der Waals surface area contributed by atoms with E-state index in [1.165, 1.54) is 6.07 Å². The van der Waals surface area contributed by atoms with Crippen molar-refractivity contribution >= 4 is 0 Å². The van der Waals surface area contributed by atoms with Gasteiger partial charge in [-0.1, -0.05) is 12.1 Å². The summed E-state index contributed by atoms with van der Waals surface area (Å²) in [4.78, 5) is 13.6. The maximum Gasteiger partial charge on any atom is 0.247 e. The van der Waals surface area contributed by atoms with Crippen LogP contribution >= 0.6 is 0 Å². The number of hydrogen-bond acceptors (Lipinski definition) is 2. The molecule has 1 N–H and O–H groups in total. The maximum absolute atomic E-state index is 10.9. The Hall–Kier alpha value is -2.03. The number of ether oxygens (including phenoxy) is 1. The molecule has 1 heterocycles. The van der Waals surface area contributed by atoms with Gasteiger partial charge in [-0.2, -0.15) is 0 Å². The van der Waals surface area contributed by atoms with E-state index in [9.17, 15) is 4.79 Å². The molecule has 0 saturated heterocycles. The van der Waals surface area contributed by atoms with Crippen LogP contribution in [0.4, 0.5) is 0 Å². The lowest BCUT2D eigenvalue weighted by molar-refractivity contribution is 0.340. The van der Waals surface area contributed by atoms with E-state index in [-0.39, 0.29) is 5.56 Å². The third kappa shape index (κ3) is 2.31. The molecule has 0 amide bonds. The van der Waals surface area contributed by atoms with E-state index in [0.29, 0.717) is 6.61 Å². The lowest BCUT2D eigenvalue weighted by Gasteiger charge is -2.04. The van der Waals surface area contributed by atoms with Crippen molar-refractivity contribution in [2.75, 3.05) is 6.61 Å².